The lowest BCUT2D eigenvalue weighted by atomic mass is 9.73. The van der Waals surface area contributed by atoms with Crippen molar-refractivity contribution in [3.63, 3.8) is 0 Å². The maximum atomic E-state index is 13.9. The van der Waals surface area contributed by atoms with Crippen LogP contribution in [0.5, 0.6) is 0 Å². The van der Waals surface area contributed by atoms with Gasteiger partial charge in [0.1, 0.15) is 0 Å². The summed E-state index contributed by atoms with van der Waals surface area (Å²) in [5.74, 6) is -1.83. The van der Waals surface area contributed by atoms with Gasteiger partial charge in [-0.15, -0.1) is 0 Å². The third kappa shape index (κ3) is 7.05. The van der Waals surface area contributed by atoms with E-state index in [0.717, 1.165) is 63.5 Å². The molecule has 0 spiro atoms. The van der Waals surface area contributed by atoms with Crippen molar-refractivity contribution >= 4 is 12.1 Å². The fraction of sp³-hybridized carbons (Fsp3) is 0.793. The second kappa shape index (κ2) is 12.9. The summed E-state index contributed by atoms with van der Waals surface area (Å²) in [5.41, 5.74) is 1.14. The zero-order valence-electron chi connectivity index (χ0n) is 23.2. The number of nitrogens with one attached hydrogen (secondary N) is 1. The molecule has 0 radical (unpaired) electrons. The largest absolute Gasteiger partial charge is 0.397 e. The molecule has 1 aliphatic carbocycles. The first-order valence-corrected chi connectivity index (χ1v) is 14.2. The first-order chi connectivity index (χ1) is 17.5. The number of amides is 1. The fourth-order valence-corrected chi connectivity index (χ4v) is 6.38. The number of hydrogen-bond donors (Lipinski definition) is 1. The molecule has 37 heavy (non-hydrogen) atoms. The second-order valence-electron chi connectivity index (χ2n) is 11.4. The highest BCUT2D eigenvalue weighted by atomic mass is 19.4. The summed E-state index contributed by atoms with van der Waals surface area (Å²) < 4.78 is 45.8. The quantitative estimate of drug-likeness (QED) is 0.322. The van der Waals surface area contributed by atoms with E-state index in [1.165, 1.54) is 0 Å². The first kappa shape index (κ1) is 29.9. The van der Waals surface area contributed by atoms with Crippen LogP contribution in [0.2, 0.25) is 0 Å². The predicted octanol–water partition coefficient (Wildman–Crippen LogP) is 6.31. The van der Waals surface area contributed by atoms with Crippen LogP contribution in [0.1, 0.15) is 79.6 Å². The van der Waals surface area contributed by atoms with E-state index in [9.17, 15) is 18.0 Å². The van der Waals surface area contributed by atoms with Crippen LogP contribution in [0.3, 0.4) is 0 Å². The molecule has 3 rings (SSSR count). The Morgan fingerprint density at radius 2 is 2.05 bits per heavy atom. The van der Waals surface area contributed by atoms with Gasteiger partial charge in [-0.05, 0) is 68.4 Å². The Kier molecular flexibility index (Phi) is 10.4. The summed E-state index contributed by atoms with van der Waals surface area (Å²) in [7, 11) is 0. The van der Waals surface area contributed by atoms with Crippen molar-refractivity contribution in [3.05, 3.63) is 23.4 Å². The molecule has 0 aromatic rings. The highest BCUT2D eigenvalue weighted by Gasteiger charge is 2.50. The Morgan fingerprint density at radius 3 is 2.65 bits per heavy atom. The first-order valence-electron chi connectivity index (χ1n) is 14.2. The second-order valence-corrected chi connectivity index (χ2v) is 11.4. The van der Waals surface area contributed by atoms with Crippen LogP contribution in [-0.4, -0.2) is 61.6 Å². The van der Waals surface area contributed by atoms with E-state index in [-0.39, 0.29) is 11.8 Å². The Bertz CT molecular complexity index is 867. The molecule has 5 atom stereocenters. The normalized spacial score (nSPS) is 29.4. The van der Waals surface area contributed by atoms with Gasteiger partial charge in [-0.2, -0.15) is 13.2 Å². The molecular weight excluding hydrogens is 479 g/mol. The number of ether oxygens (including phenoxy) is 1. The van der Waals surface area contributed by atoms with Crippen LogP contribution in [0.15, 0.2) is 28.4 Å². The number of rotatable bonds is 11. The minimum absolute atomic E-state index is 0.195. The molecule has 1 fully saturated rings. The Morgan fingerprint density at radius 1 is 1.30 bits per heavy atom. The van der Waals surface area contributed by atoms with Crippen LogP contribution >= 0.6 is 0 Å². The van der Waals surface area contributed by atoms with Gasteiger partial charge in [-0.3, -0.25) is 9.79 Å². The molecule has 0 aromatic heterocycles. The zero-order chi connectivity index (χ0) is 27.2. The number of aliphatic imine (C=N–C) groups is 1. The SMILES string of the molecule is CCCC(CCOCC)N[C@@H]1CC[C@@](C(=O)N2CC=C(C3=CN=CC(C(F)(F)F)C3C)CC2)(C(C)C)C1. The summed E-state index contributed by atoms with van der Waals surface area (Å²) >= 11 is 0. The Labute approximate surface area is 221 Å². The van der Waals surface area contributed by atoms with Gasteiger partial charge in [0.15, 0.2) is 0 Å². The molecule has 1 saturated carbocycles. The van der Waals surface area contributed by atoms with Crippen molar-refractivity contribution in [1.82, 2.24) is 10.2 Å². The van der Waals surface area contributed by atoms with Crippen molar-refractivity contribution in [1.29, 1.82) is 0 Å². The highest BCUT2D eigenvalue weighted by molar-refractivity contribution is 5.84. The van der Waals surface area contributed by atoms with Crippen molar-refractivity contribution < 1.29 is 22.7 Å². The van der Waals surface area contributed by atoms with Crippen LogP contribution < -0.4 is 5.32 Å². The highest BCUT2D eigenvalue weighted by Crippen LogP contribution is 2.47. The van der Waals surface area contributed by atoms with E-state index < -0.39 is 23.4 Å². The maximum absolute atomic E-state index is 13.9. The predicted molar refractivity (Wildman–Crippen MR) is 142 cm³/mol. The lowest BCUT2D eigenvalue weighted by Gasteiger charge is -2.39. The van der Waals surface area contributed by atoms with Gasteiger partial charge in [0.2, 0.25) is 5.91 Å². The molecule has 2 aliphatic heterocycles. The van der Waals surface area contributed by atoms with Gasteiger partial charge in [0, 0.05) is 50.8 Å². The minimum atomic E-state index is -4.31. The number of carbonyl (C=O) groups excluding carboxylic acids is 1. The van der Waals surface area contributed by atoms with E-state index >= 15 is 0 Å². The van der Waals surface area contributed by atoms with Crippen molar-refractivity contribution in [2.75, 3.05) is 26.3 Å². The Balaban J connectivity index is 1.65. The molecule has 0 bridgehead atoms. The van der Waals surface area contributed by atoms with Crippen molar-refractivity contribution in [2.45, 2.75) is 97.8 Å². The lowest BCUT2D eigenvalue weighted by Crippen LogP contribution is -2.48. The van der Waals surface area contributed by atoms with Crippen LogP contribution in [0, 0.1) is 23.2 Å². The van der Waals surface area contributed by atoms with E-state index in [2.05, 4.69) is 31.1 Å². The van der Waals surface area contributed by atoms with Crippen molar-refractivity contribution in [3.8, 4) is 0 Å². The third-order valence-electron chi connectivity index (χ3n) is 8.74. The molecule has 1 amide bonds. The Hall–Kier alpha value is -1.67. The monoisotopic (exact) mass is 525 g/mol. The van der Waals surface area contributed by atoms with Crippen LogP contribution in [0.4, 0.5) is 13.2 Å². The smallest absolute Gasteiger partial charge is 0.382 e. The van der Waals surface area contributed by atoms with Gasteiger partial charge >= 0.3 is 6.18 Å². The molecule has 0 aromatic carbocycles. The zero-order valence-corrected chi connectivity index (χ0v) is 23.2. The standard InChI is InChI=1S/C29H46F3N3O2/c1-6-8-23(12-16-37-7-2)34-24-9-13-28(17-24,20(3)4)27(36)35-14-10-22(11-15-35)25-18-33-19-26(21(25)5)29(30,31)32/h10,18-21,23-24,26,34H,6-9,11-17H2,1-5H3/t21?,23?,24-,26?,28+/m1/s1. The average molecular weight is 526 g/mol. The van der Waals surface area contributed by atoms with Crippen LogP contribution in [-0.2, 0) is 9.53 Å². The molecule has 3 unspecified atom stereocenters. The number of allylic oxidation sites excluding steroid dienone is 1. The number of nitrogens with zero attached hydrogens (tertiary/aromatic N) is 2. The number of hydrogen-bond acceptors (Lipinski definition) is 4. The van der Waals surface area contributed by atoms with E-state index in [0.29, 0.717) is 37.2 Å². The average Bonchev–Trinajstić information content (AvgIpc) is 3.28. The van der Waals surface area contributed by atoms with Gasteiger partial charge in [-0.1, -0.05) is 40.2 Å². The summed E-state index contributed by atoms with van der Waals surface area (Å²) in [4.78, 5) is 19.8. The number of alkyl halides is 3. The van der Waals surface area contributed by atoms with Gasteiger partial charge in [0.25, 0.3) is 0 Å². The molecule has 8 heteroatoms. The minimum Gasteiger partial charge on any atom is -0.382 e. The third-order valence-corrected chi connectivity index (χ3v) is 8.74. The molecule has 3 aliphatic rings. The summed E-state index contributed by atoms with van der Waals surface area (Å²) in [5, 5.41) is 3.84. The summed E-state index contributed by atoms with van der Waals surface area (Å²) in [6.45, 7) is 12.6. The van der Waals surface area contributed by atoms with E-state index in [1.54, 1.807) is 13.1 Å². The molecule has 0 saturated heterocycles. The summed E-state index contributed by atoms with van der Waals surface area (Å²) in [6.07, 6.45) is 6.63. The van der Waals surface area contributed by atoms with E-state index in [1.807, 2.05) is 17.9 Å². The molecule has 210 valence electrons. The van der Waals surface area contributed by atoms with E-state index in [4.69, 9.17) is 4.74 Å². The fourth-order valence-electron chi connectivity index (χ4n) is 6.38. The van der Waals surface area contributed by atoms with Gasteiger partial charge in [-0.25, -0.2) is 0 Å². The number of carbonyl (C=O) groups is 1. The summed E-state index contributed by atoms with van der Waals surface area (Å²) in [6, 6.07) is 0.708. The number of halogens is 3. The molecule has 2 heterocycles. The molecule has 1 N–H and O–H groups in total. The maximum Gasteiger partial charge on any atom is 0.397 e. The van der Waals surface area contributed by atoms with Crippen LogP contribution in [0.25, 0.3) is 0 Å². The lowest BCUT2D eigenvalue weighted by molar-refractivity contribution is -0.162. The van der Waals surface area contributed by atoms with Gasteiger partial charge < -0.3 is 15.0 Å². The van der Waals surface area contributed by atoms with Gasteiger partial charge in [0.05, 0.1) is 11.3 Å². The molecule has 5 nitrogen and oxygen atoms in total. The molecular formula is C29H46F3N3O2. The topological polar surface area (TPSA) is 53.9 Å². The van der Waals surface area contributed by atoms with Crippen molar-refractivity contribution in [2.24, 2.45) is 28.2 Å².